The van der Waals surface area contributed by atoms with Gasteiger partial charge < -0.3 is 10.1 Å². The van der Waals surface area contributed by atoms with E-state index in [0.29, 0.717) is 22.1 Å². The van der Waals surface area contributed by atoms with Crippen molar-refractivity contribution in [2.75, 3.05) is 22.4 Å². The van der Waals surface area contributed by atoms with Gasteiger partial charge in [-0.2, -0.15) is 0 Å². The predicted octanol–water partition coefficient (Wildman–Crippen LogP) is 3.51. The van der Waals surface area contributed by atoms with Gasteiger partial charge in [-0.25, -0.2) is 8.42 Å². The Bertz CT molecular complexity index is 991. The van der Waals surface area contributed by atoms with Crippen LogP contribution in [0.1, 0.15) is 17.5 Å². The Kier molecular flexibility index (Phi) is 5.35. The molecule has 1 amide bonds. The molecule has 0 saturated heterocycles. The zero-order valence-electron chi connectivity index (χ0n) is 15.3. The maximum Gasteiger partial charge on any atom is 0.265 e. The van der Waals surface area contributed by atoms with Crippen LogP contribution in [-0.4, -0.2) is 33.2 Å². The molecular formula is C19H21ClN2O4S. The third-order valence-corrected chi connectivity index (χ3v) is 6.05. The number of nitrogens with one attached hydrogen (secondary N) is 1. The van der Waals surface area contributed by atoms with Gasteiger partial charge >= 0.3 is 0 Å². The Balaban J connectivity index is 1.90. The highest BCUT2D eigenvalue weighted by atomic mass is 35.5. The molecule has 0 spiro atoms. The topological polar surface area (TPSA) is 75.7 Å². The van der Waals surface area contributed by atoms with Gasteiger partial charge in [0, 0.05) is 23.7 Å². The molecule has 0 saturated carbocycles. The molecule has 0 aliphatic carbocycles. The monoisotopic (exact) mass is 408 g/mol. The van der Waals surface area contributed by atoms with E-state index in [1.165, 1.54) is 4.31 Å². The van der Waals surface area contributed by atoms with E-state index < -0.39 is 16.1 Å². The Labute approximate surface area is 164 Å². The molecule has 6 nitrogen and oxygen atoms in total. The quantitative estimate of drug-likeness (QED) is 0.843. The molecule has 0 fully saturated rings. The number of aryl methyl sites for hydroxylation is 1. The van der Waals surface area contributed by atoms with E-state index >= 15 is 0 Å². The Morgan fingerprint density at radius 3 is 2.70 bits per heavy atom. The van der Waals surface area contributed by atoms with Crippen molar-refractivity contribution in [2.24, 2.45) is 0 Å². The maximum atomic E-state index is 12.8. The van der Waals surface area contributed by atoms with Crippen molar-refractivity contribution in [3.8, 4) is 5.75 Å². The molecule has 0 radical (unpaired) electrons. The van der Waals surface area contributed by atoms with E-state index in [-0.39, 0.29) is 18.9 Å². The van der Waals surface area contributed by atoms with Crippen LogP contribution in [-0.2, 0) is 14.8 Å². The van der Waals surface area contributed by atoms with Crippen LogP contribution in [0, 0.1) is 13.8 Å². The lowest BCUT2D eigenvalue weighted by Gasteiger charge is -2.21. The molecule has 2 aromatic carbocycles. The van der Waals surface area contributed by atoms with Crippen LogP contribution < -0.4 is 14.4 Å². The van der Waals surface area contributed by atoms with Crippen LogP contribution in [0.5, 0.6) is 5.75 Å². The van der Waals surface area contributed by atoms with E-state index in [0.717, 1.165) is 17.4 Å². The molecule has 1 N–H and O–H groups in total. The van der Waals surface area contributed by atoms with Crippen LogP contribution in [0.2, 0.25) is 5.02 Å². The van der Waals surface area contributed by atoms with Gasteiger partial charge in [0.1, 0.15) is 5.75 Å². The number of halogens is 1. The lowest BCUT2D eigenvalue weighted by Crippen LogP contribution is -2.36. The minimum atomic E-state index is -3.50. The van der Waals surface area contributed by atoms with Gasteiger partial charge in [-0.15, -0.1) is 0 Å². The Morgan fingerprint density at radius 1 is 1.26 bits per heavy atom. The van der Waals surface area contributed by atoms with Crippen molar-refractivity contribution in [3.63, 3.8) is 0 Å². The van der Waals surface area contributed by atoms with Gasteiger partial charge in [-0.05, 0) is 49.2 Å². The van der Waals surface area contributed by atoms with Crippen molar-refractivity contribution < 1.29 is 17.9 Å². The Morgan fingerprint density at radius 2 is 2.00 bits per heavy atom. The first-order chi connectivity index (χ1) is 12.7. The summed E-state index contributed by atoms with van der Waals surface area (Å²) in [7, 11) is -3.50. The average Bonchev–Trinajstić information content (AvgIpc) is 2.78. The number of hydrogen-bond donors (Lipinski definition) is 1. The molecule has 1 heterocycles. The van der Waals surface area contributed by atoms with Crippen LogP contribution >= 0.6 is 11.6 Å². The minimum Gasteiger partial charge on any atom is -0.478 e. The van der Waals surface area contributed by atoms with Crippen LogP contribution in [0.4, 0.5) is 11.4 Å². The molecule has 0 bridgehead atoms. The largest absolute Gasteiger partial charge is 0.478 e. The summed E-state index contributed by atoms with van der Waals surface area (Å²) in [5.74, 6) is 0.0220. The number of carbonyl (C=O) groups is 1. The van der Waals surface area contributed by atoms with Crippen molar-refractivity contribution in [1.29, 1.82) is 0 Å². The summed E-state index contributed by atoms with van der Waals surface area (Å²) >= 11 is 6.10. The van der Waals surface area contributed by atoms with Gasteiger partial charge in [-0.3, -0.25) is 9.10 Å². The Hall–Kier alpha value is -2.25. The second-order valence-corrected chi connectivity index (χ2v) is 8.92. The fourth-order valence-electron chi connectivity index (χ4n) is 2.97. The maximum absolute atomic E-state index is 12.8. The summed E-state index contributed by atoms with van der Waals surface area (Å²) < 4.78 is 31.6. The molecular weight excluding hydrogens is 388 g/mol. The van der Waals surface area contributed by atoms with E-state index in [1.54, 1.807) is 30.3 Å². The molecule has 3 rings (SSSR count). The first-order valence-corrected chi connectivity index (χ1v) is 10.7. The number of rotatable bonds is 3. The number of fused-ring (bicyclic) bond motifs is 1. The smallest absolute Gasteiger partial charge is 0.265 e. The number of benzene rings is 2. The molecule has 8 heteroatoms. The number of hydrogen-bond acceptors (Lipinski definition) is 4. The summed E-state index contributed by atoms with van der Waals surface area (Å²) in [6.45, 7) is 3.84. The standard InChI is InChI=1S/C19H21ClN2O4S/c1-12-7-8-17-16(11-12)22(27(3,24)25)10-9-18(26-17)19(23)21-15-6-4-5-14(20)13(15)2/h4-8,11,18H,9-10H2,1-3H3,(H,21,23). The number of amides is 1. The van der Waals surface area contributed by atoms with Crippen LogP contribution in [0.25, 0.3) is 0 Å². The summed E-state index contributed by atoms with van der Waals surface area (Å²) in [6.07, 6.45) is 0.553. The van der Waals surface area contributed by atoms with E-state index in [2.05, 4.69) is 5.32 Å². The predicted molar refractivity (Wildman–Crippen MR) is 107 cm³/mol. The fraction of sp³-hybridized carbons (Fsp3) is 0.316. The third-order valence-electron chi connectivity index (χ3n) is 4.47. The lowest BCUT2D eigenvalue weighted by atomic mass is 10.1. The average molecular weight is 409 g/mol. The van der Waals surface area contributed by atoms with E-state index in [1.807, 2.05) is 19.9 Å². The molecule has 2 aromatic rings. The summed E-state index contributed by atoms with van der Waals surface area (Å²) in [4.78, 5) is 12.8. The normalized spacial score (nSPS) is 16.9. The van der Waals surface area contributed by atoms with Gasteiger partial charge in [0.15, 0.2) is 6.10 Å². The zero-order chi connectivity index (χ0) is 19.8. The summed E-state index contributed by atoms with van der Waals surface area (Å²) in [6, 6.07) is 10.5. The molecule has 1 aliphatic rings. The van der Waals surface area contributed by atoms with Gasteiger partial charge in [0.25, 0.3) is 5.91 Å². The highest BCUT2D eigenvalue weighted by Gasteiger charge is 2.31. The van der Waals surface area contributed by atoms with E-state index in [4.69, 9.17) is 16.3 Å². The first kappa shape index (κ1) is 19.5. The number of nitrogens with zero attached hydrogens (tertiary/aromatic N) is 1. The molecule has 1 atom stereocenters. The highest BCUT2D eigenvalue weighted by molar-refractivity contribution is 7.92. The van der Waals surface area contributed by atoms with Gasteiger partial charge in [0.2, 0.25) is 10.0 Å². The number of ether oxygens (including phenoxy) is 1. The second kappa shape index (κ2) is 7.40. The van der Waals surface area contributed by atoms with Gasteiger partial charge in [0.05, 0.1) is 11.9 Å². The summed E-state index contributed by atoms with van der Waals surface area (Å²) in [5, 5.41) is 3.38. The lowest BCUT2D eigenvalue weighted by molar-refractivity contribution is -0.122. The number of carbonyl (C=O) groups excluding carboxylic acids is 1. The molecule has 1 unspecified atom stereocenters. The van der Waals surface area contributed by atoms with Crippen molar-refractivity contribution >= 4 is 38.9 Å². The molecule has 1 aliphatic heterocycles. The molecule has 0 aromatic heterocycles. The SMILES string of the molecule is Cc1ccc2c(c1)N(S(C)(=O)=O)CCC(C(=O)Nc1cccc(Cl)c1C)O2. The van der Waals surface area contributed by atoms with Crippen LogP contribution in [0.15, 0.2) is 36.4 Å². The number of anilines is 2. The van der Waals surface area contributed by atoms with E-state index in [9.17, 15) is 13.2 Å². The van der Waals surface area contributed by atoms with Crippen molar-refractivity contribution in [1.82, 2.24) is 0 Å². The highest BCUT2D eigenvalue weighted by Crippen LogP contribution is 2.35. The van der Waals surface area contributed by atoms with Crippen molar-refractivity contribution in [2.45, 2.75) is 26.4 Å². The third kappa shape index (κ3) is 4.20. The first-order valence-electron chi connectivity index (χ1n) is 8.48. The molecule has 144 valence electrons. The van der Waals surface area contributed by atoms with Crippen LogP contribution in [0.3, 0.4) is 0 Å². The van der Waals surface area contributed by atoms with Gasteiger partial charge in [-0.1, -0.05) is 23.7 Å². The fourth-order valence-corrected chi connectivity index (χ4v) is 4.09. The zero-order valence-corrected chi connectivity index (χ0v) is 16.9. The molecule has 27 heavy (non-hydrogen) atoms. The number of sulfonamides is 1. The summed E-state index contributed by atoms with van der Waals surface area (Å²) in [5.41, 5.74) is 2.72. The minimum absolute atomic E-state index is 0.155. The van der Waals surface area contributed by atoms with Crippen molar-refractivity contribution in [3.05, 3.63) is 52.5 Å². The second-order valence-electron chi connectivity index (χ2n) is 6.60.